The van der Waals surface area contributed by atoms with Crippen molar-refractivity contribution in [2.24, 2.45) is 5.41 Å². The number of halogens is 1. The molecule has 0 unspecified atom stereocenters. The molecule has 1 aromatic heterocycles. The number of rotatable bonds is 7. The zero-order valence-electron chi connectivity index (χ0n) is 17.6. The number of benzene rings is 3. The Bertz CT molecular complexity index is 1300. The molecule has 0 saturated heterocycles. The lowest BCUT2D eigenvalue weighted by atomic mass is 9.85. The van der Waals surface area contributed by atoms with Gasteiger partial charge in [0, 0.05) is 17.7 Å². The van der Waals surface area contributed by atoms with Crippen LogP contribution in [0.5, 0.6) is 0 Å². The van der Waals surface area contributed by atoms with Gasteiger partial charge in [0.15, 0.2) is 10.9 Å². The summed E-state index contributed by atoms with van der Waals surface area (Å²) < 4.78 is 14.2. The van der Waals surface area contributed by atoms with Crippen LogP contribution in [0, 0.1) is 11.2 Å². The average Bonchev–Trinajstić information content (AvgIpc) is 3.15. The van der Waals surface area contributed by atoms with Gasteiger partial charge in [-0.25, -0.2) is 9.37 Å². The van der Waals surface area contributed by atoms with Crippen LogP contribution in [0.4, 0.5) is 15.2 Å². The van der Waals surface area contributed by atoms with E-state index in [1.165, 1.54) is 23.5 Å². The lowest BCUT2D eigenvalue weighted by Gasteiger charge is -2.17. The highest BCUT2D eigenvalue weighted by Crippen LogP contribution is 2.30. The summed E-state index contributed by atoms with van der Waals surface area (Å²) in [6, 6.07) is 19.4. The molecule has 7 heteroatoms. The molecule has 0 aliphatic carbocycles. The molecule has 5 nitrogen and oxygen atoms in total. The normalized spacial score (nSPS) is 11.5. The fraction of sp³-hybridized carbons (Fsp3) is 0.160. The molecule has 1 heterocycles. The highest BCUT2D eigenvalue weighted by atomic mass is 32.1. The van der Waals surface area contributed by atoms with Crippen molar-refractivity contribution in [2.75, 3.05) is 5.32 Å². The van der Waals surface area contributed by atoms with E-state index in [2.05, 4.69) is 10.3 Å². The summed E-state index contributed by atoms with van der Waals surface area (Å²) in [6.45, 7) is 3.09. The second-order valence-corrected chi connectivity index (χ2v) is 9.23. The number of carboxylic acid groups (broad SMARTS) is 1. The van der Waals surface area contributed by atoms with E-state index in [0.29, 0.717) is 10.7 Å². The predicted molar refractivity (Wildman–Crippen MR) is 125 cm³/mol. The first kappa shape index (κ1) is 21.6. The number of carbonyl (C=O) groups is 2. The quantitative estimate of drug-likeness (QED) is 0.314. The van der Waals surface area contributed by atoms with Crippen LogP contribution >= 0.6 is 11.3 Å². The van der Waals surface area contributed by atoms with Crippen LogP contribution in [-0.4, -0.2) is 21.8 Å². The first-order valence-corrected chi connectivity index (χ1v) is 10.8. The van der Waals surface area contributed by atoms with Crippen molar-refractivity contribution in [3.63, 3.8) is 0 Å². The molecular formula is C25H21FN2O3S. The summed E-state index contributed by atoms with van der Waals surface area (Å²) >= 11 is 1.39. The number of hydrogen-bond donors (Lipinski definition) is 2. The number of ketones is 1. The van der Waals surface area contributed by atoms with Gasteiger partial charge in [0.05, 0.1) is 15.6 Å². The summed E-state index contributed by atoms with van der Waals surface area (Å²) in [5.74, 6) is -1.47. The molecule has 4 rings (SSSR count). The van der Waals surface area contributed by atoms with E-state index in [1.54, 1.807) is 32.0 Å². The van der Waals surface area contributed by atoms with Crippen LogP contribution in [0.15, 0.2) is 66.7 Å². The summed E-state index contributed by atoms with van der Waals surface area (Å²) in [4.78, 5) is 28.1. The van der Waals surface area contributed by atoms with Gasteiger partial charge in [-0.2, -0.15) is 0 Å². The van der Waals surface area contributed by atoms with E-state index < -0.39 is 11.4 Å². The molecule has 0 aliphatic heterocycles. The third kappa shape index (κ3) is 4.68. The van der Waals surface area contributed by atoms with Gasteiger partial charge in [-0.05, 0) is 55.3 Å². The van der Waals surface area contributed by atoms with E-state index in [0.717, 1.165) is 27.0 Å². The van der Waals surface area contributed by atoms with Crippen LogP contribution in [0.25, 0.3) is 21.3 Å². The van der Waals surface area contributed by atoms with Crippen molar-refractivity contribution < 1.29 is 19.1 Å². The van der Waals surface area contributed by atoms with Crippen molar-refractivity contribution in [3.05, 3.63) is 78.1 Å². The first-order valence-electron chi connectivity index (χ1n) is 10.0. The van der Waals surface area contributed by atoms with E-state index in [1.807, 2.05) is 36.4 Å². The molecule has 0 amide bonds. The fourth-order valence-corrected chi connectivity index (χ4v) is 4.16. The van der Waals surface area contributed by atoms with Crippen molar-refractivity contribution in [3.8, 4) is 11.1 Å². The van der Waals surface area contributed by atoms with Gasteiger partial charge < -0.3 is 10.4 Å². The molecule has 0 bridgehead atoms. The Hall–Kier alpha value is -3.58. The number of nitrogens with zero attached hydrogens (tertiary/aromatic N) is 1. The molecule has 2 N–H and O–H groups in total. The van der Waals surface area contributed by atoms with Gasteiger partial charge in [0.2, 0.25) is 0 Å². The fourth-order valence-electron chi connectivity index (χ4n) is 3.25. The van der Waals surface area contributed by atoms with E-state index >= 15 is 0 Å². The summed E-state index contributed by atoms with van der Waals surface area (Å²) in [5.41, 5.74) is 2.92. The number of anilines is 2. The van der Waals surface area contributed by atoms with Gasteiger partial charge in [0.25, 0.3) is 0 Å². The highest BCUT2D eigenvalue weighted by Gasteiger charge is 2.30. The molecule has 4 aromatic rings. The molecule has 0 radical (unpaired) electrons. The SMILES string of the molecule is CC(C)(CC(=O)c1ccc(-c2ccc(Nc3nc4ccc(F)cc4s3)cc2)cc1)C(=O)O. The molecule has 0 saturated carbocycles. The van der Waals surface area contributed by atoms with E-state index in [9.17, 15) is 19.1 Å². The molecule has 162 valence electrons. The number of fused-ring (bicyclic) bond motifs is 1. The maximum Gasteiger partial charge on any atom is 0.309 e. The molecular weight excluding hydrogens is 427 g/mol. The zero-order valence-corrected chi connectivity index (χ0v) is 18.4. The van der Waals surface area contributed by atoms with Crippen molar-refractivity contribution in [2.45, 2.75) is 20.3 Å². The smallest absolute Gasteiger partial charge is 0.309 e. The highest BCUT2D eigenvalue weighted by molar-refractivity contribution is 7.22. The minimum Gasteiger partial charge on any atom is -0.481 e. The lowest BCUT2D eigenvalue weighted by Crippen LogP contribution is -2.26. The third-order valence-electron chi connectivity index (χ3n) is 5.21. The van der Waals surface area contributed by atoms with Gasteiger partial charge in [-0.3, -0.25) is 9.59 Å². The van der Waals surface area contributed by atoms with Crippen LogP contribution in [0.2, 0.25) is 0 Å². The van der Waals surface area contributed by atoms with Crippen molar-refractivity contribution >= 4 is 44.1 Å². The van der Waals surface area contributed by atoms with Gasteiger partial charge in [-0.15, -0.1) is 0 Å². The minimum atomic E-state index is -1.10. The Morgan fingerprint density at radius 1 is 1.00 bits per heavy atom. The number of carboxylic acids is 1. The number of hydrogen-bond acceptors (Lipinski definition) is 5. The number of aliphatic carboxylic acids is 1. The first-order chi connectivity index (χ1) is 15.2. The third-order valence-corrected chi connectivity index (χ3v) is 6.14. The number of aromatic nitrogens is 1. The van der Waals surface area contributed by atoms with E-state index in [-0.39, 0.29) is 18.0 Å². The number of nitrogens with one attached hydrogen (secondary N) is 1. The van der Waals surface area contributed by atoms with Crippen molar-refractivity contribution in [1.29, 1.82) is 0 Å². The second kappa shape index (κ2) is 8.51. The summed E-state index contributed by atoms with van der Waals surface area (Å²) in [7, 11) is 0. The van der Waals surface area contributed by atoms with Crippen LogP contribution in [0.1, 0.15) is 30.6 Å². The topological polar surface area (TPSA) is 79.3 Å². The van der Waals surface area contributed by atoms with Crippen LogP contribution < -0.4 is 5.32 Å². The van der Waals surface area contributed by atoms with Crippen LogP contribution in [0.3, 0.4) is 0 Å². The molecule has 3 aromatic carbocycles. The van der Waals surface area contributed by atoms with Gasteiger partial charge in [0.1, 0.15) is 5.82 Å². The number of Topliss-reactive ketones (excluding diaryl/α,β-unsaturated/α-hetero) is 1. The van der Waals surface area contributed by atoms with Gasteiger partial charge >= 0.3 is 5.97 Å². The standard InChI is InChI=1S/C25H21FN2O3S/c1-25(2,23(30)31)14-21(29)17-5-3-15(4-6-17)16-7-10-19(11-8-16)27-24-28-20-12-9-18(26)13-22(20)32-24/h3-13H,14H2,1-2H3,(H,27,28)(H,30,31). The summed E-state index contributed by atoms with van der Waals surface area (Å²) in [6.07, 6.45) is -0.0551. The largest absolute Gasteiger partial charge is 0.481 e. The maximum atomic E-state index is 13.4. The average molecular weight is 449 g/mol. The maximum absolute atomic E-state index is 13.4. The summed E-state index contributed by atoms with van der Waals surface area (Å²) in [5, 5.41) is 13.1. The van der Waals surface area contributed by atoms with E-state index in [4.69, 9.17) is 0 Å². The molecule has 0 fully saturated rings. The predicted octanol–water partition coefficient (Wildman–Crippen LogP) is 6.53. The molecule has 0 atom stereocenters. The number of thiazole rings is 1. The second-order valence-electron chi connectivity index (χ2n) is 8.20. The van der Waals surface area contributed by atoms with Crippen molar-refractivity contribution in [1.82, 2.24) is 4.98 Å². The zero-order chi connectivity index (χ0) is 22.9. The minimum absolute atomic E-state index is 0.0551. The lowest BCUT2D eigenvalue weighted by molar-refractivity contribution is -0.146. The Labute approximate surface area is 188 Å². The Kier molecular flexibility index (Phi) is 5.76. The van der Waals surface area contributed by atoms with Crippen LogP contribution in [-0.2, 0) is 4.79 Å². The molecule has 0 aliphatic rings. The number of carbonyl (C=O) groups excluding carboxylic acids is 1. The monoisotopic (exact) mass is 448 g/mol. The Morgan fingerprint density at radius 2 is 1.62 bits per heavy atom. The molecule has 0 spiro atoms. The Morgan fingerprint density at radius 3 is 2.25 bits per heavy atom. The molecule has 32 heavy (non-hydrogen) atoms. The Balaban J connectivity index is 1.45. The van der Waals surface area contributed by atoms with Gasteiger partial charge in [-0.1, -0.05) is 47.7 Å².